The third-order valence-corrected chi connectivity index (χ3v) is 3.50. The second-order valence-corrected chi connectivity index (χ2v) is 5.79. The van der Waals surface area contributed by atoms with Gasteiger partial charge in [-0.1, -0.05) is 12.1 Å². The minimum Gasteiger partial charge on any atom is -0.490 e. The first-order valence-corrected chi connectivity index (χ1v) is 7.54. The Bertz CT molecular complexity index is 675. The van der Waals surface area contributed by atoms with Crippen LogP contribution in [0.4, 0.5) is 0 Å². The van der Waals surface area contributed by atoms with E-state index in [-0.39, 0.29) is 12.7 Å². The fraction of sp³-hybridized carbons (Fsp3) is 0.412. The number of ether oxygens (including phenoxy) is 3. The summed E-state index contributed by atoms with van der Waals surface area (Å²) in [7, 11) is 0. The van der Waals surface area contributed by atoms with Crippen LogP contribution in [0, 0.1) is 0 Å². The number of hydrogen-bond donors (Lipinski definition) is 1. The van der Waals surface area contributed by atoms with E-state index in [1.165, 1.54) is 0 Å². The molecule has 0 unspecified atom stereocenters. The molecule has 1 saturated heterocycles. The average Bonchev–Trinajstić information content (AvgIpc) is 2.92. The van der Waals surface area contributed by atoms with Crippen LogP contribution < -0.4 is 4.74 Å². The zero-order chi connectivity index (χ0) is 16.3. The molecule has 1 fully saturated rings. The molecule has 1 N–H and O–H groups in total. The van der Waals surface area contributed by atoms with Crippen LogP contribution in [0.3, 0.4) is 0 Å². The Morgan fingerprint density at radius 2 is 2.13 bits per heavy atom. The van der Waals surface area contributed by atoms with Gasteiger partial charge >= 0.3 is 0 Å². The Kier molecular flexibility index (Phi) is 4.56. The van der Waals surface area contributed by atoms with Gasteiger partial charge in [0.15, 0.2) is 11.6 Å². The van der Waals surface area contributed by atoms with E-state index in [1.54, 1.807) is 12.3 Å². The topological polar surface area (TPSA) is 73.7 Å². The van der Waals surface area contributed by atoms with Gasteiger partial charge in [-0.25, -0.2) is 9.97 Å². The van der Waals surface area contributed by atoms with E-state index in [0.717, 1.165) is 5.56 Å². The highest BCUT2D eigenvalue weighted by Crippen LogP contribution is 2.28. The summed E-state index contributed by atoms with van der Waals surface area (Å²) < 4.78 is 17.2. The smallest absolute Gasteiger partial charge is 0.163 e. The van der Waals surface area contributed by atoms with Gasteiger partial charge < -0.3 is 19.3 Å². The lowest BCUT2D eigenvalue weighted by atomic mass is 10.2. The Balaban J connectivity index is 1.75. The second kappa shape index (κ2) is 6.62. The number of hydrogen-bond acceptors (Lipinski definition) is 6. The van der Waals surface area contributed by atoms with E-state index >= 15 is 0 Å². The first-order chi connectivity index (χ1) is 11.1. The van der Waals surface area contributed by atoms with E-state index < -0.39 is 5.79 Å². The minimum atomic E-state index is -0.563. The summed E-state index contributed by atoms with van der Waals surface area (Å²) in [6.07, 6.45) is 1.52. The molecule has 0 bridgehead atoms. The maximum Gasteiger partial charge on any atom is 0.163 e. The monoisotopic (exact) mass is 316 g/mol. The molecule has 1 aromatic heterocycles. The number of rotatable bonds is 5. The first-order valence-electron chi connectivity index (χ1n) is 7.54. The van der Waals surface area contributed by atoms with Crippen molar-refractivity contribution in [3.63, 3.8) is 0 Å². The van der Waals surface area contributed by atoms with Crippen LogP contribution in [0.25, 0.3) is 11.4 Å². The van der Waals surface area contributed by atoms with Gasteiger partial charge in [-0.3, -0.25) is 0 Å². The maximum absolute atomic E-state index is 9.22. The van der Waals surface area contributed by atoms with Crippen LogP contribution in [0.2, 0.25) is 0 Å². The van der Waals surface area contributed by atoms with Gasteiger partial charge in [0.25, 0.3) is 0 Å². The van der Waals surface area contributed by atoms with E-state index in [9.17, 15) is 5.11 Å². The highest BCUT2D eigenvalue weighted by molar-refractivity contribution is 5.63. The molecule has 1 aromatic carbocycles. The van der Waals surface area contributed by atoms with Crippen molar-refractivity contribution in [1.29, 1.82) is 0 Å². The van der Waals surface area contributed by atoms with Crippen LogP contribution in [-0.2, 0) is 16.1 Å². The average molecular weight is 316 g/mol. The van der Waals surface area contributed by atoms with E-state index in [0.29, 0.717) is 30.5 Å². The minimum absolute atomic E-state index is 0.109. The van der Waals surface area contributed by atoms with Crippen molar-refractivity contribution in [3.8, 4) is 17.1 Å². The van der Waals surface area contributed by atoms with Crippen molar-refractivity contribution in [2.24, 2.45) is 0 Å². The number of aromatic nitrogens is 2. The summed E-state index contributed by atoms with van der Waals surface area (Å²) in [5.74, 6) is 0.638. The van der Waals surface area contributed by atoms with Gasteiger partial charge in [-0.15, -0.1) is 0 Å². The summed E-state index contributed by atoms with van der Waals surface area (Å²) in [6, 6.07) is 9.23. The molecular formula is C17H20N2O4. The molecule has 0 radical (unpaired) electrons. The Labute approximate surface area is 135 Å². The third-order valence-electron chi connectivity index (χ3n) is 3.50. The number of benzene rings is 1. The summed E-state index contributed by atoms with van der Waals surface area (Å²) in [6.45, 7) is 4.54. The lowest BCUT2D eigenvalue weighted by Gasteiger charge is -2.18. The van der Waals surface area contributed by atoms with Gasteiger partial charge in [-0.05, 0) is 32.0 Å². The van der Waals surface area contributed by atoms with Crippen LogP contribution in [0.1, 0.15) is 19.5 Å². The molecule has 23 heavy (non-hydrogen) atoms. The Morgan fingerprint density at radius 1 is 1.30 bits per heavy atom. The molecule has 6 heteroatoms. The highest BCUT2D eigenvalue weighted by Gasteiger charge is 2.33. The molecule has 1 aliphatic rings. The largest absolute Gasteiger partial charge is 0.490 e. The molecule has 0 saturated carbocycles. The van der Waals surface area contributed by atoms with Gasteiger partial charge in [0.1, 0.15) is 18.5 Å². The standard InChI is InChI=1S/C17H20N2O4/c1-17(2)22-11-13(23-17)10-21-15-6-4-3-5-14(15)16-18-8-7-12(9-20)19-16/h3-8,13,20H,9-11H2,1-2H3/t13-/m0/s1. The van der Waals surface area contributed by atoms with Gasteiger partial charge in [0, 0.05) is 6.20 Å². The number of nitrogens with zero attached hydrogens (tertiary/aromatic N) is 2. The summed E-state index contributed by atoms with van der Waals surface area (Å²) in [5, 5.41) is 9.22. The molecule has 1 atom stereocenters. The Hall–Kier alpha value is -2.02. The fourth-order valence-electron chi connectivity index (χ4n) is 2.42. The summed E-state index contributed by atoms with van der Waals surface area (Å²) in [4.78, 5) is 8.59. The SMILES string of the molecule is CC1(C)OC[C@H](COc2ccccc2-c2nccc(CO)n2)O1. The van der Waals surface area contributed by atoms with E-state index in [2.05, 4.69) is 9.97 Å². The van der Waals surface area contributed by atoms with Crippen molar-refractivity contribution < 1.29 is 19.3 Å². The molecule has 122 valence electrons. The van der Waals surface area contributed by atoms with Crippen LogP contribution in [0.5, 0.6) is 5.75 Å². The quantitative estimate of drug-likeness (QED) is 0.911. The lowest BCUT2D eigenvalue weighted by Crippen LogP contribution is -2.25. The zero-order valence-corrected chi connectivity index (χ0v) is 13.2. The molecule has 2 aromatic rings. The maximum atomic E-state index is 9.22. The second-order valence-electron chi connectivity index (χ2n) is 5.79. The third kappa shape index (κ3) is 3.85. The molecule has 0 amide bonds. The number of para-hydroxylation sites is 1. The van der Waals surface area contributed by atoms with Gasteiger partial charge in [-0.2, -0.15) is 0 Å². The molecule has 3 rings (SSSR count). The number of aliphatic hydroxyl groups excluding tert-OH is 1. The van der Waals surface area contributed by atoms with Crippen molar-refractivity contribution >= 4 is 0 Å². The zero-order valence-electron chi connectivity index (χ0n) is 13.2. The van der Waals surface area contributed by atoms with E-state index in [1.807, 2.05) is 38.1 Å². The molecule has 0 spiro atoms. The highest BCUT2D eigenvalue weighted by atomic mass is 16.7. The van der Waals surface area contributed by atoms with Crippen molar-refractivity contribution in [2.75, 3.05) is 13.2 Å². The van der Waals surface area contributed by atoms with Crippen molar-refractivity contribution in [1.82, 2.24) is 9.97 Å². The fourth-order valence-corrected chi connectivity index (χ4v) is 2.42. The van der Waals surface area contributed by atoms with Crippen LogP contribution in [0.15, 0.2) is 36.5 Å². The molecular weight excluding hydrogens is 296 g/mol. The normalized spacial score (nSPS) is 19.7. The van der Waals surface area contributed by atoms with Gasteiger partial charge in [0.2, 0.25) is 0 Å². The summed E-state index contributed by atoms with van der Waals surface area (Å²) in [5.41, 5.74) is 1.35. The molecule has 0 aliphatic carbocycles. The molecule has 1 aliphatic heterocycles. The predicted molar refractivity (Wildman–Crippen MR) is 83.8 cm³/mol. The lowest BCUT2D eigenvalue weighted by molar-refractivity contribution is -0.141. The van der Waals surface area contributed by atoms with Crippen LogP contribution >= 0.6 is 0 Å². The molecule has 6 nitrogen and oxygen atoms in total. The van der Waals surface area contributed by atoms with Crippen molar-refractivity contribution in [2.45, 2.75) is 32.3 Å². The van der Waals surface area contributed by atoms with Gasteiger partial charge in [0.05, 0.1) is 24.5 Å². The molecule has 2 heterocycles. The predicted octanol–water partition coefficient (Wildman–Crippen LogP) is 2.17. The van der Waals surface area contributed by atoms with Crippen molar-refractivity contribution in [3.05, 3.63) is 42.2 Å². The first kappa shape index (κ1) is 15.9. The van der Waals surface area contributed by atoms with E-state index in [4.69, 9.17) is 14.2 Å². The Morgan fingerprint density at radius 3 is 2.87 bits per heavy atom. The summed E-state index contributed by atoms with van der Waals surface area (Å²) >= 11 is 0. The number of aliphatic hydroxyl groups is 1. The van der Waals surface area contributed by atoms with Crippen LogP contribution in [-0.4, -0.2) is 40.2 Å².